The number of carbonyl (C=O) groups is 1. The number of halogens is 1. The van der Waals surface area contributed by atoms with Crippen molar-refractivity contribution in [3.05, 3.63) is 76.3 Å². The van der Waals surface area contributed by atoms with Gasteiger partial charge in [-0.1, -0.05) is 23.7 Å². The Morgan fingerprint density at radius 3 is 2.74 bits per heavy atom. The molecule has 116 valence electrons. The zero-order valence-corrected chi connectivity index (χ0v) is 13.6. The van der Waals surface area contributed by atoms with Gasteiger partial charge in [-0.15, -0.1) is 11.3 Å². The van der Waals surface area contributed by atoms with Crippen molar-refractivity contribution >= 4 is 35.0 Å². The highest BCUT2D eigenvalue weighted by Crippen LogP contribution is 2.29. The molecule has 0 N–H and O–H groups in total. The summed E-state index contributed by atoms with van der Waals surface area (Å²) in [5.41, 5.74) is 0.896. The monoisotopic (exact) mass is 344 g/mol. The van der Waals surface area contributed by atoms with E-state index in [1.54, 1.807) is 35.8 Å². The van der Waals surface area contributed by atoms with Crippen molar-refractivity contribution in [2.45, 2.75) is 6.61 Å². The van der Waals surface area contributed by atoms with Crippen LogP contribution in [0, 0.1) is 0 Å². The van der Waals surface area contributed by atoms with Gasteiger partial charge in [0.15, 0.2) is 0 Å². The van der Waals surface area contributed by atoms with Crippen molar-refractivity contribution in [1.29, 1.82) is 0 Å². The van der Waals surface area contributed by atoms with Crippen molar-refractivity contribution in [2.75, 3.05) is 0 Å². The topological polar surface area (TPSA) is 39.4 Å². The zero-order chi connectivity index (χ0) is 16.1. The average molecular weight is 345 g/mol. The fourth-order valence-electron chi connectivity index (χ4n) is 1.93. The van der Waals surface area contributed by atoms with E-state index in [0.717, 1.165) is 21.1 Å². The van der Waals surface area contributed by atoms with Crippen molar-refractivity contribution in [1.82, 2.24) is 0 Å². The summed E-state index contributed by atoms with van der Waals surface area (Å²) in [6.07, 6.45) is 4.80. The highest BCUT2D eigenvalue weighted by molar-refractivity contribution is 7.16. The van der Waals surface area contributed by atoms with Crippen molar-refractivity contribution in [3.8, 4) is 10.6 Å². The molecule has 0 aliphatic heterocycles. The van der Waals surface area contributed by atoms with Gasteiger partial charge in [-0.3, -0.25) is 0 Å². The zero-order valence-electron chi connectivity index (χ0n) is 12.1. The van der Waals surface area contributed by atoms with E-state index in [0.29, 0.717) is 5.02 Å². The molecule has 3 rings (SSSR count). The Hall–Kier alpha value is -2.30. The quantitative estimate of drug-likeness (QED) is 0.458. The molecule has 0 unspecified atom stereocenters. The molecule has 0 amide bonds. The smallest absolute Gasteiger partial charge is 0.331 e. The van der Waals surface area contributed by atoms with Crippen LogP contribution in [0.4, 0.5) is 0 Å². The maximum Gasteiger partial charge on any atom is 0.331 e. The third-order valence-corrected chi connectivity index (χ3v) is 4.39. The van der Waals surface area contributed by atoms with Crippen LogP contribution < -0.4 is 0 Å². The summed E-state index contributed by atoms with van der Waals surface area (Å²) >= 11 is 7.35. The minimum absolute atomic E-state index is 0.225. The van der Waals surface area contributed by atoms with Gasteiger partial charge in [0.25, 0.3) is 0 Å². The van der Waals surface area contributed by atoms with E-state index >= 15 is 0 Å². The third-order valence-electron chi connectivity index (χ3n) is 3.07. The summed E-state index contributed by atoms with van der Waals surface area (Å²) in [7, 11) is 0. The van der Waals surface area contributed by atoms with Gasteiger partial charge in [0.05, 0.1) is 11.1 Å². The van der Waals surface area contributed by atoms with E-state index in [4.69, 9.17) is 20.8 Å². The van der Waals surface area contributed by atoms with Crippen LogP contribution in [0.1, 0.15) is 10.4 Å². The molecule has 0 saturated heterocycles. The van der Waals surface area contributed by atoms with E-state index in [9.17, 15) is 4.79 Å². The van der Waals surface area contributed by atoms with Gasteiger partial charge in [-0.2, -0.15) is 0 Å². The molecule has 0 saturated carbocycles. The summed E-state index contributed by atoms with van der Waals surface area (Å²) in [5, 5.41) is 0.657. The van der Waals surface area contributed by atoms with E-state index in [1.165, 1.54) is 6.08 Å². The molecule has 0 fully saturated rings. The first kappa shape index (κ1) is 15.6. The molecule has 0 aliphatic carbocycles. The maximum atomic E-state index is 11.7. The predicted octanol–water partition coefficient (Wildman–Crippen LogP) is 5.42. The number of benzene rings is 1. The molecule has 0 bridgehead atoms. The first-order valence-corrected chi connectivity index (χ1v) is 8.13. The molecule has 1 aromatic carbocycles. The number of ether oxygens (including phenoxy) is 1. The van der Waals surface area contributed by atoms with Crippen LogP contribution in [0.3, 0.4) is 0 Å². The second kappa shape index (κ2) is 7.31. The highest BCUT2D eigenvalue weighted by Gasteiger charge is 2.04. The number of rotatable bonds is 5. The Morgan fingerprint density at radius 1 is 1.17 bits per heavy atom. The van der Waals surface area contributed by atoms with Crippen LogP contribution in [0.2, 0.25) is 5.02 Å². The van der Waals surface area contributed by atoms with E-state index in [-0.39, 0.29) is 12.6 Å². The summed E-state index contributed by atoms with van der Waals surface area (Å²) in [6.45, 7) is 0.225. The lowest BCUT2D eigenvalue weighted by molar-refractivity contribution is -0.138. The Kier molecular flexibility index (Phi) is 4.95. The van der Waals surface area contributed by atoms with E-state index < -0.39 is 0 Å². The Balaban J connectivity index is 1.55. The van der Waals surface area contributed by atoms with Gasteiger partial charge in [-0.25, -0.2) is 4.79 Å². The van der Waals surface area contributed by atoms with Gasteiger partial charge >= 0.3 is 5.97 Å². The van der Waals surface area contributed by atoms with Crippen LogP contribution in [-0.4, -0.2) is 5.97 Å². The van der Waals surface area contributed by atoms with E-state index in [2.05, 4.69) is 0 Å². The van der Waals surface area contributed by atoms with Crippen molar-refractivity contribution in [2.24, 2.45) is 0 Å². The minimum Gasteiger partial charge on any atom is -0.464 e. The summed E-state index contributed by atoms with van der Waals surface area (Å²) in [4.78, 5) is 13.7. The van der Waals surface area contributed by atoms with E-state index in [1.807, 2.05) is 36.4 Å². The molecule has 5 heteroatoms. The minimum atomic E-state index is -0.382. The highest BCUT2D eigenvalue weighted by atomic mass is 35.5. The second-order valence-electron chi connectivity index (χ2n) is 4.75. The first-order chi connectivity index (χ1) is 11.2. The number of hydrogen-bond acceptors (Lipinski definition) is 4. The number of furan rings is 1. The largest absolute Gasteiger partial charge is 0.464 e. The molecule has 3 aromatic rings. The lowest BCUT2D eigenvalue weighted by Crippen LogP contribution is -2.00. The molecular formula is C18H13ClO3S. The van der Waals surface area contributed by atoms with Crippen LogP contribution in [0.5, 0.6) is 0 Å². The molecule has 23 heavy (non-hydrogen) atoms. The summed E-state index contributed by atoms with van der Waals surface area (Å²) in [6, 6.07) is 14.8. The van der Waals surface area contributed by atoms with Gasteiger partial charge in [0, 0.05) is 16.0 Å². The van der Waals surface area contributed by atoms with Crippen molar-refractivity contribution in [3.63, 3.8) is 0 Å². The van der Waals surface area contributed by atoms with Crippen LogP contribution in [0.25, 0.3) is 16.7 Å². The maximum absolute atomic E-state index is 11.7. The Labute approximate surface area is 142 Å². The number of carbonyl (C=O) groups excluding carboxylic acids is 1. The normalized spacial score (nSPS) is 11.0. The van der Waals surface area contributed by atoms with Crippen LogP contribution in [0.15, 0.2) is 65.3 Å². The second-order valence-corrected chi connectivity index (χ2v) is 6.30. The number of thiophene rings is 1. The van der Waals surface area contributed by atoms with Crippen LogP contribution >= 0.6 is 22.9 Å². The molecular weight excluding hydrogens is 332 g/mol. The fraction of sp³-hybridized carbons (Fsp3) is 0.0556. The fourth-order valence-corrected chi connectivity index (χ4v) is 2.93. The Bertz CT molecular complexity index is 801. The molecule has 0 atom stereocenters. The van der Waals surface area contributed by atoms with Gasteiger partial charge < -0.3 is 9.15 Å². The number of hydrogen-bond donors (Lipinski definition) is 0. The lowest BCUT2D eigenvalue weighted by atomic mass is 10.2. The molecule has 2 aromatic heterocycles. The third kappa shape index (κ3) is 4.34. The predicted molar refractivity (Wildman–Crippen MR) is 92.3 cm³/mol. The molecule has 0 aliphatic rings. The van der Waals surface area contributed by atoms with Gasteiger partial charge in [-0.05, 0) is 48.0 Å². The average Bonchev–Trinajstić information content (AvgIpc) is 3.23. The SMILES string of the molecule is O=C(/C=C/c1ccc(-c2ccco2)s1)OCc1ccc(Cl)cc1. The summed E-state index contributed by atoms with van der Waals surface area (Å²) in [5.74, 6) is 0.438. The van der Waals surface area contributed by atoms with Crippen molar-refractivity contribution < 1.29 is 13.9 Å². The van der Waals surface area contributed by atoms with Gasteiger partial charge in [0.2, 0.25) is 0 Å². The van der Waals surface area contributed by atoms with Crippen LogP contribution in [-0.2, 0) is 16.1 Å². The lowest BCUT2D eigenvalue weighted by Gasteiger charge is -2.01. The molecule has 2 heterocycles. The van der Waals surface area contributed by atoms with Gasteiger partial charge in [0.1, 0.15) is 12.4 Å². The first-order valence-electron chi connectivity index (χ1n) is 6.94. The molecule has 3 nitrogen and oxygen atoms in total. The Morgan fingerprint density at radius 2 is 2.00 bits per heavy atom. The molecule has 0 radical (unpaired) electrons. The number of esters is 1. The summed E-state index contributed by atoms with van der Waals surface area (Å²) < 4.78 is 10.5. The molecule has 0 spiro atoms. The standard InChI is InChI=1S/C18H13ClO3S/c19-14-5-3-13(4-6-14)12-22-18(20)10-8-15-7-9-17(23-15)16-2-1-11-21-16/h1-11H,12H2/b10-8+.